The third-order valence-electron chi connectivity index (χ3n) is 4.27. The third kappa shape index (κ3) is 3.41. The van der Waals surface area contributed by atoms with Gasteiger partial charge in [-0.3, -0.25) is 0 Å². The van der Waals surface area contributed by atoms with Crippen LogP contribution in [0.5, 0.6) is 5.75 Å². The van der Waals surface area contributed by atoms with E-state index < -0.39 is 0 Å². The maximum atomic E-state index is 5.47. The Balaban J connectivity index is 1.86. The molecule has 0 amide bonds. The van der Waals surface area contributed by atoms with Crippen molar-refractivity contribution in [2.75, 3.05) is 33.9 Å². The zero-order chi connectivity index (χ0) is 17.8. The Morgan fingerprint density at radius 2 is 2.24 bits per heavy atom. The zero-order valence-electron chi connectivity index (χ0n) is 14.9. The first kappa shape index (κ1) is 16.8. The Labute approximate surface area is 149 Å². The molecule has 1 aromatic rings. The number of hydrogen-bond donors (Lipinski definition) is 0. The second kappa shape index (κ2) is 7.23. The van der Waals surface area contributed by atoms with Gasteiger partial charge in [0.2, 0.25) is 0 Å². The standard InChI is InChI=1S/C20H22N4O/c1-5-12-23-14-18-20(24(6-2)15-23)21-19(22(18)3)11-10-16-8-7-9-17(13-16)25-4/h1,7-9,13-14,19H,6,12,15H2,2-4H3. The van der Waals surface area contributed by atoms with Gasteiger partial charge in [0.15, 0.2) is 12.0 Å². The minimum absolute atomic E-state index is 0.202. The summed E-state index contributed by atoms with van der Waals surface area (Å²) in [5.74, 6) is 10.9. The summed E-state index contributed by atoms with van der Waals surface area (Å²) in [5.41, 5.74) is 1.98. The lowest BCUT2D eigenvalue weighted by Crippen LogP contribution is -2.45. The molecule has 5 nitrogen and oxygen atoms in total. The first-order valence-corrected chi connectivity index (χ1v) is 8.27. The smallest absolute Gasteiger partial charge is 0.186 e. The van der Waals surface area contributed by atoms with E-state index >= 15 is 0 Å². The van der Waals surface area contributed by atoms with Gasteiger partial charge in [0.1, 0.15) is 5.75 Å². The number of rotatable bonds is 3. The summed E-state index contributed by atoms with van der Waals surface area (Å²) in [6.07, 6.45) is 7.35. The second-order valence-corrected chi connectivity index (χ2v) is 5.90. The third-order valence-corrected chi connectivity index (χ3v) is 4.27. The molecule has 128 valence electrons. The van der Waals surface area contributed by atoms with Crippen LogP contribution < -0.4 is 4.74 Å². The van der Waals surface area contributed by atoms with Gasteiger partial charge in [0, 0.05) is 25.4 Å². The van der Waals surface area contributed by atoms with Crippen LogP contribution in [0.3, 0.4) is 0 Å². The van der Waals surface area contributed by atoms with E-state index in [-0.39, 0.29) is 6.17 Å². The summed E-state index contributed by atoms with van der Waals surface area (Å²) in [6.45, 7) is 4.34. The van der Waals surface area contributed by atoms with Crippen molar-refractivity contribution in [2.45, 2.75) is 13.1 Å². The van der Waals surface area contributed by atoms with E-state index in [0.29, 0.717) is 6.54 Å². The van der Waals surface area contributed by atoms with E-state index in [9.17, 15) is 0 Å². The molecule has 0 spiro atoms. The van der Waals surface area contributed by atoms with Gasteiger partial charge in [-0.05, 0) is 31.0 Å². The largest absolute Gasteiger partial charge is 0.497 e. The van der Waals surface area contributed by atoms with Crippen LogP contribution in [0.4, 0.5) is 0 Å². The lowest BCUT2D eigenvalue weighted by Gasteiger charge is -2.35. The first-order valence-electron chi connectivity index (χ1n) is 8.27. The van der Waals surface area contributed by atoms with Gasteiger partial charge in [-0.15, -0.1) is 6.42 Å². The molecule has 2 heterocycles. The van der Waals surface area contributed by atoms with Crippen LogP contribution in [0.1, 0.15) is 12.5 Å². The summed E-state index contributed by atoms with van der Waals surface area (Å²) in [5, 5.41) is 0. The number of aliphatic imine (C=N–C) groups is 1. The Kier molecular flexibility index (Phi) is 4.86. The molecule has 0 bridgehead atoms. The molecule has 2 aliphatic rings. The maximum absolute atomic E-state index is 5.47. The molecule has 1 atom stereocenters. The molecule has 0 aliphatic carbocycles. The number of nitrogens with zero attached hydrogens (tertiary/aromatic N) is 4. The number of terminal acetylenes is 1. The minimum Gasteiger partial charge on any atom is -0.497 e. The normalized spacial score (nSPS) is 18.6. The molecule has 0 N–H and O–H groups in total. The van der Waals surface area contributed by atoms with Gasteiger partial charge >= 0.3 is 0 Å². The van der Waals surface area contributed by atoms with E-state index in [2.05, 4.69) is 45.6 Å². The average molecular weight is 334 g/mol. The first-order chi connectivity index (χ1) is 12.2. The van der Waals surface area contributed by atoms with Crippen LogP contribution in [0, 0.1) is 24.2 Å². The SMILES string of the molecule is C#CCN1C=C2C(=NC(C#Cc3cccc(OC)c3)N2C)N(CC)C1. The van der Waals surface area contributed by atoms with Crippen molar-refractivity contribution in [1.82, 2.24) is 14.7 Å². The molecule has 0 radical (unpaired) electrons. The Morgan fingerprint density at radius 1 is 1.40 bits per heavy atom. The Hall–Kier alpha value is -3.05. The van der Waals surface area contributed by atoms with E-state index in [1.165, 1.54) is 0 Å². The predicted molar refractivity (Wildman–Crippen MR) is 99.7 cm³/mol. The fraction of sp³-hybridized carbons (Fsp3) is 0.350. The van der Waals surface area contributed by atoms with Gasteiger partial charge in [-0.1, -0.05) is 17.9 Å². The summed E-state index contributed by atoms with van der Waals surface area (Å²) >= 11 is 0. The van der Waals surface area contributed by atoms with Gasteiger partial charge in [-0.25, -0.2) is 4.99 Å². The molecule has 0 fully saturated rings. The van der Waals surface area contributed by atoms with Crippen molar-refractivity contribution in [2.24, 2.45) is 4.99 Å². The molecule has 25 heavy (non-hydrogen) atoms. The fourth-order valence-corrected chi connectivity index (χ4v) is 2.89. The topological polar surface area (TPSA) is 31.3 Å². The number of amidine groups is 1. The van der Waals surface area contributed by atoms with Gasteiger partial charge in [0.05, 0.1) is 26.0 Å². The van der Waals surface area contributed by atoms with Gasteiger partial charge in [0.25, 0.3) is 0 Å². The molecular weight excluding hydrogens is 312 g/mol. The highest BCUT2D eigenvalue weighted by Gasteiger charge is 2.33. The predicted octanol–water partition coefficient (Wildman–Crippen LogP) is 1.79. The summed E-state index contributed by atoms with van der Waals surface area (Å²) in [7, 11) is 3.67. The van der Waals surface area contributed by atoms with E-state index in [4.69, 9.17) is 16.2 Å². The van der Waals surface area contributed by atoms with Crippen LogP contribution in [0.15, 0.2) is 41.2 Å². The molecule has 0 saturated heterocycles. The van der Waals surface area contributed by atoms with E-state index in [0.717, 1.165) is 36.1 Å². The Morgan fingerprint density at radius 3 is 2.96 bits per heavy atom. The van der Waals surface area contributed by atoms with Crippen molar-refractivity contribution < 1.29 is 4.74 Å². The van der Waals surface area contributed by atoms with Gasteiger partial charge < -0.3 is 19.4 Å². The molecule has 1 unspecified atom stereocenters. The zero-order valence-corrected chi connectivity index (χ0v) is 14.9. The van der Waals surface area contributed by atoms with Crippen molar-refractivity contribution in [1.29, 1.82) is 0 Å². The van der Waals surface area contributed by atoms with E-state index in [1.807, 2.05) is 31.3 Å². The highest BCUT2D eigenvalue weighted by Crippen LogP contribution is 2.25. The molecule has 3 rings (SSSR count). The average Bonchev–Trinajstić information content (AvgIpc) is 2.96. The highest BCUT2D eigenvalue weighted by molar-refractivity contribution is 6.00. The lowest BCUT2D eigenvalue weighted by molar-refractivity contribution is 0.253. The number of hydrogen-bond acceptors (Lipinski definition) is 5. The molecular formula is C20H22N4O. The number of methoxy groups -OCH3 is 1. The van der Waals surface area contributed by atoms with E-state index in [1.54, 1.807) is 7.11 Å². The summed E-state index contributed by atoms with van der Waals surface area (Å²) in [6, 6.07) is 7.74. The highest BCUT2D eigenvalue weighted by atomic mass is 16.5. The van der Waals surface area contributed by atoms with Gasteiger partial charge in [-0.2, -0.15) is 0 Å². The van der Waals surface area contributed by atoms with Crippen molar-refractivity contribution in [3.05, 3.63) is 41.7 Å². The molecule has 0 aromatic heterocycles. The molecule has 2 aliphatic heterocycles. The van der Waals surface area contributed by atoms with Crippen LogP contribution >= 0.6 is 0 Å². The number of ether oxygens (including phenoxy) is 1. The van der Waals surface area contributed by atoms with Crippen molar-refractivity contribution in [3.63, 3.8) is 0 Å². The Bertz CT molecular complexity index is 809. The van der Waals surface area contributed by atoms with Crippen LogP contribution in [-0.2, 0) is 0 Å². The number of benzene rings is 1. The molecule has 1 aromatic carbocycles. The summed E-state index contributed by atoms with van der Waals surface area (Å²) < 4.78 is 5.25. The second-order valence-electron chi connectivity index (χ2n) is 5.90. The molecule has 0 saturated carbocycles. The van der Waals surface area contributed by atoms with Crippen LogP contribution in [-0.4, -0.2) is 60.6 Å². The van der Waals surface area contributed by atoms with Crippen LogP contribution in [0.25, 0.3) is 0 Å². The quantitative estimate of drug-likeness (QED) is 0.789. The number of fused-ring (bicyclic) bond motifs is 1. The maximum Gasteiger partial charge on any atom is 0.186 e. The summed E-state index contributed by atoms with van der Waals surface area (Å²) in [4.78, 5) is 11.2. The minimum atomic E-state index is -0.202. The fourth-order valence-electron chi connectivity index (χ4n) is 2.89. The number of likely N-dealkylation sites (N-methyl/N-ethyl adjacent to an activating group) is 2. The monoisotopic (exact) mass is 334 g/mol. The van der Waals surface area contributed by atoms with Crippen molar-refractivity contribution in [3.8, 4) is 29.9 Å². The lowest BCUT2D eigenvalue weighted by atomic mass is 10.2. The van der Waals surface area contributed by atoms with Crippen LogP contribution in [0.2, 0.25) is 0 Å². The van der Waals surface area contributed by atoms with Crippen molar-refractivity contribution >= 4 is 5.84 Å². The molecule has 5 heteroatoms.